The Bertz CT molecular complexity index is 717. The number of ether oxygens (including phenoxy) is 2. The molecule has 2 fully saturated rings. The molecule has 1 aromatic rings. The first-order valence-corrected chi connectivity index (χ1v) is 11.4. The summed E-state index contributed by atoms with van der Waals surface area (Å²) in [6.07, 6.45) is 3.66. The minimum absolute atomic E-state index is 0.0338. The third-order valence-electron chi connectivity index (χ3n) is 7.53. The van der Waals surface area contributed by atoms with Crippen LogP contribution in [0.15, 0.2) is 18.2 Å². The summed E-state index contributed by atoms with van der Waals surface area (Å²) >= 11 is 0. The number of hydrogen-bond donors (Lipinski definition) is 3. The molecule has 1 saturated heterocycles. The smallest absolute Gasteiger partial charge is 0.278 e. The van der Waals surface area contributed by atoms with Crippen LogP contribution in [0.4, 0.5) is 0 Å². The van der Waals surface area contributed by atoms with E-state index in [1.807, 2.05) is 6.07 Å². The number of piperazine rings is 1. The second-order valence-corrected chi connectivity index (χ2v) is 9.38. The Kier molecular flexibility index (Phi) is 6.30. The maximum atomic E-state index is 12.9. The fourth-order valence-corrected chi connectivity index (χ4v) is 5.15. The molecule has 3 N–H and O–H groups in total. The molecule has 3 aliphatic rings. The first-order chi connectivity index (χ1) is 14.0. The lowest BCUT2D eigenvalue weighted by Crippen LogP contribution is -3.29. The van der Waals surface area contributed by atoms with Gasteiger partial charge in [-0.3, -0.25) is 4.79 Å². The van der Waals surface area contributed by atoms with Gasteiger partial charge in [0.2, 0.25) is 6.79 Å². The average Bonchev–Trinajstić information content (AvgIpc) is 3.19. The van der Waals surface area contributed by atoms with Crippen LogP contribution in [0.25, 0.3) is 0 Å². The normalized spacial score (nSPS) is 32.6. The Balaban J connectivity index is 1.25. The van der Waals surface area contributed by atoms with E-state index < -0.39 is 0 Å². The molecule has 2 heterocycles. The molecule has 0 unspecified atom stereocenters. The van der Waals surface area contributed by atoms with Gasteiger partial charge < -0.3 is 24.6 Å². The second kappa shape index (κ2) is 8.92. The van der Waals surface area contributed by atoms with Crippen LogP contribution in [0.3, 0.4) is 0 Å². The van der Waals surface area contributed by atoms with E-state index in [0.717, 1.165) is 50.6 Å². The Morgan fingerprint density at radius 1 is 1.14 bits per heavy atom. The van der Waals surface area contributed by atoms with Crippen LogP contribution < -0.4 is 24.6 Å². The van der Waals surface area contributed by atoms with Crippen LogP contribution >= 0.6 is 0 Å². The summed E-state index contributed by atoms with van der Waals surface area (Å²) in [5.41, 5.74) is 1.29. The van der Waals surface area contributed by atoms with Crippen LogP contribution in [-0.2, 0) is 11.3 Å². The molecule has 6 heteroatoms. The Morgan fingerprint density at radius 2 is 1.90 bits per heavy atom. The number of rotatable bonds is 5. The summed E-state index contributed by atoms with van der Waals surface area (Å²) in [5, 5.41) is 3.38. The first-order valence-electron chi connectivity index (χ1n) is 11.4. The van der Waals surface area contributed by atoms with Gasteiger partial charge >= 0.3 is 0 Å². The molecular formula is C23H37N3O3+2. The van der Waals surface area contributed by atoms with Crippen LogP contribution in [0.5, 0.6) is 11.5 Å². The van der Waals surface area contributed by atoms with Gasteiger partial charge in [-0.25, -0.2) is 0 Å². The first kappa shape index (κ1) is 20.5. The lowest BCUT2D eigenvalue weighted by Gasteiger charge is -2.37. The number of amides is 1. The zero-order valence-electron chi connectivity index (χ0n) is 18.1. The molecule has 0 bridgehead atoms. The molecule has 1 saturated carbocycles. The summed E-state index contributed by atoms with van der Waals surface area (Å²) in [6, 6.07) is 6.65. The van der Waals surface area contributed by atoms with E-state index in [2.05, 4.69) is 38.2 Å². The third-order valence-corrected chi connectivity index (χ3v) is 7.53. The van der Waals surface area contributed by atoms with Gasteiger partial charge in [-0.1, -0.05) is 26.7 Å². The van der Waals surface area contributed by atoms with E-state index in [1.54, 1.807) is 4.90 Å². The van der Waals surface area contributed by atoms with E-state index in [0.29, 0.717) is 24.7 Å². The maximum Gasteiger partial charge on any atom is 0.278 e. The minimum Gasteiger partial charge on any atom is -0.454 e. The molecule has 6 nitrogen and oxygen atoms in total. The monoisotopic (exact) mass is 403 g/mol. The third kappa shape index (κ3) is 4.69. The Morgan fingerprint density at radius 3 is 2.69 bits per heavy atom. The molecule has 0 spiro atoms. The van der Waals surface area contributed by atoms with Crippen molar-refractivity contribution in [1.29, 1.82) is 0 Å². The lowest BCUT2D eigenvalue weighted by molar-refractivity contribution is -1.02. The summed E-state index contributed by atoms with van der Waals surface area (Å²) in [7, 11) is 0. The van der Waals surface area contributed by atoms with Gasteiger partial charge in [-0.05, 0) is 43.4 Å². The highest BCUT2D eigenvalue weighted by molar-refractivity contribution is 5.80. The van der Waals surface area contributed by atoms with E-state index in [9.17, 15) is 4.79 Å². The number of nitrogens with one attached hydrogen (secondary N) is 3. The van der Waals surface area contributed by atoms with Crippen molar-refractivity contribution in [3.8, 4) is 11.5 Å². The largest absolute Gasteiger partial charge is 0.454 e. The van der Waals surface area contributed by atoms with E-state index in [4.69, 9.17) is 9.47 Å². The molecule has 2 aliphatic heterocycles. The molecule has 1 amide bonds. The zero-order valence-corrected chi connectivity index (χ0v) is 18.1. The van der Waals surface area contributed by atoms with Gasteiger partial charge in [0.25, 0.3) is 5.91 Å². The molecule has 29 heavy (non-hydrogen) atoms. The summed E-state index contributed by atoms with van der Waals surface area (Å²) in [4.78, 5) is 15.9. The fourth-order valence-electron chi connectivity index (χ4n) is 5.15. The summed E-state index contributed by atoms with van der Waals surface area (Å²) in [5.74, 6) is 3.24. The van der Waals surface area contributed by atoms with Crippen molar-refractivity contribution < 1.29 is 24.1 Å². The standard InChI is InChI=1S/C23H35N3O3/c1-16-5-4-6-20(17(16)2)24-23(27)18(3)26-11-9-25(10-12-26)14-19-7-8-21-22(13-19)29-15-28-21/h7-8,13,16-18,20H,4-6,9-12,14-15H2,1-3H3,(H,24,27)/p+2/t16-,17-,18-,20-/m1/s1. The van der Waals surface area contributed by atoms with Gasteiger partial charge in [0.05, 0.1) is 0 Å². The SMILES string of the molecule is C[C@@H]1[C@H](C)CCC[C@H]1NC(=O)[C@@H](C)[NH+]1CC[NH+](Cc2ccc3c(c2)OCO3)CC1. The van der Waals surface area contributed by atoms with E-state index >= 15 is 0 Å². The van der Waals surface area contributed by atoms with Gasteiger partial charge in [0.15, 0.2) is 17.5 Å². The quantitative estimate of drug-likeness (QED) is 0.650. The van der Waals surface area contributed by atoms with E-state index in [-0.39, 0.29) is 11.9 Å². The van der Waals surface area contributed by atoms with Crippen molar-refractivity contribution in [3.05, 3.63) is 23.8 Å². The molecule has 0 aromatic heterocycles. The molecule has 1 aliphatic carbocycles. The van der Waals surface area contributed by atoms with Gasteiger partial charge in [-0.2, -0.15) is 0 Å². The topological polar surface area (TPSA) is 56.4 Å². The Labute approximate surface area is 174 Å². The van der Waals surface area contributed by atoms with Gasteiger partial charge in [-0.15, -0.1) is 0 Å². The molecule has 1 aromatic carbocycles. The minimum atomic E-state index is 0.0338. The number of carbonyl (C=O) groups excluding carboxylic acids is 1. The zero-order chi connectivity index (χ0) is 20.4. The molecule has 160 valence electrons. The van der Waals surface area contributed by atoms with Crippen molar-refractivity contribution in [2.45, 2.75) is 58.7 Å². The van der Waals surface area contributed by atoms with Gasteiger partial charge in [0, 0.05) is 11.6 Å². The fraction of sp³-hybridized carbons (Fsp3) is 0.696. The molecular weight excluding hydrogens is 366 g/mol. The summed E-state index contributed by atoms with van der Waals surface area (Å²) < 4.78 is 10.9. The lowest BCUT2D eigenvalue weighted by atomic mass is 9.78. The number of fused-ring (bicyclic) bond motifs is 1. The molecule has 0 radical (unpaired) electrons. The van der Waals surface area contributed by atoms with Crippen LogP contribution in [0.1, 0.15) is 45.6 Å². The number of benzene rings is 1. The highest BCUT2D eigenvalue weighted by Crippen LogP contribution is 2.32. The number of quaternary nitrogens is 2. The van der Waals surface area contributed by atoms with Crippen LogP contribution in [0.2, 0.25) is 0 Å². The van der Waals surface area contributed by atoms with Crippen LogP contribution in [0, 0.1) is 11.8 Å². The van der Waals surface area contributed by atoms with Crippen molar-refractivity contribution in [2.24, 2.45) is 11.8 Å². The van der Waals surface area contributed by atoms with Crippen molar-refractivity contribution in [1.82, 2.24) is 5.32 Å². The predicted molar refractivity (Wildman–Crippen MR) is 111 cm³/mol. The highest BCUT2D eigenvalue weighted by Gasteiger charge is 2.34. The highest BCUT2D eigenvalue weighted by atomic mass is 16.7. The summed E-state index contributed by atoms with van der Waals surface area (Å²) in [6.45, 7) is 12.3. The number of hydrogen-bond acceptors (Lipinski definition) is 3. The Hall–Kier alpha value is -1.79. The average molecular weight is 404 g/mol. The molecule has 4 atom stereocenters. The van der Waals surface area contributed by atoms with Crippen molar-refractivity contribution >= 4 is 5.91 Å². The van der Waals surface area contributed by atoms with Gasteiger partial charge in [0.1, 0.15) is 32.7 Å². The molecule has 4 rings (SSSR count). The maximum absolute atomic E-state index is 12.9. The van der Waals surface area contributed by atoms with Crippen LogP contribution in [-0.4, -0.2) is 51.0 Å². The van der Waals surface area contributed by atoms with Crippen molar-refractivity contribution in [3.63, 3.8) is 0 Å². The predicted octanol–water partition coefficient (Wildman–Crippen LogP) is 0.0281. The number of carbonyl (C=O) groups is 1. The van der Waals surface area contributed by atoms with Crippen molar-refractivity contribution in [2.75, 3.05) is 33.0 Å². The second-order valence-electron chi connectivity index (χ2n) is 9.38. The van der Waals surface area contributed by atoms with E-state index in [1.165, 1.54) is 23.3 Å².